The van der Waals surface area contributed by atoms with Crippen molar-refractivity contribution in [2.45, 2.75) is 26.1 Å². The van der Waals surface area contributed by atoms with E-state index in [1.54, 1.807) is 7.05 Å². The Bertz CT molecular complexity index is 525. The summed E-state index contributed by atoms with van der Waals surface area (Å²) in [4.78, 5) is 1.81. The van der Waals surface area contributed by atoms with E-state index in [2.05, 4.69) is 0 Å². The van der Waals surface area contributed by atoms with E-state index in [-0.39, 0.29) is 11.9 Å². The number of aliphatic hydroxyl groups excluding tert-OH is 1. The van der Waals surface area contributed by atoms with Gasteiger partial charge in [0.15, 0.2) is 0 Å². The van der Waals surface area contributed by atoms with Crippen LogP contribution in [0.1, 0.15) is 25.5 Å². The highest BCUT2D eigenvalue weighted by molar-refractivity contribution is 7.90. The minimum atomic E-state index is -2.98. The van der Waals surface area contributed by atoms with E-state index in [4.69, 9.17) is 4.74 Å². The largest absolute Gasteiger partial charge is 0.491 e. The quantitative estimate of drug-likeness (QED) is 0.787. The van der Waals surface area contributed by atoms with E-state index in [0.29, 0.717) is 13.1 Å². The van der Waals surface area contributed by atoms with Crippen LogP contribution in [-0.4, -0.2) is 56.7 Å². The van der Waals surface area contributed by atoms with Crippen molar-refractivity contribution in [2.24, 2.45) is 0 Å². The van der Waals surface area contributed by atoms with E-state index in [9.17, 15) is 13.5 Å². The molecule has 0 bridgehead atoms. The molecule has 0 saturated carbocycles. The molecule has 120 valence electrons. The molecule has 0 aliphatic heterocycles. The summed E-state index contributed by atoms with van der Waals surface area (Å²) in [6.45, 7) is 4.71. The lowest BCUT2D eigenvalue weighted by Gasteiger charge is -2.20. The van der Waals surface area contributed by atoms with Gasteiger partial charge in [0, 0.05) is 19.3 Å². The Balaban J connectivity index is 2.53. The molecule has 0 spiro atoms. The standard InChI is InChI=1S/C15H25NO4S/c1-12(2)20-14-7-5-13(6-8-14)15(17)11-16(3)9-10-21(4,18)19/h5-8,12,15,17H,9-11H2,1-4H3. The zero-order valence-electron chi connectivity index (χ0n) is 13.1. The number of aliphatic hydroxyl groups is 1. The third-order valence-electron chi connectivity index (χ3n) is 2.97. The van der Waals surface area contributed by atoms with Gasteiger partial charge < -0.3 is 14.7 Å². The minimum Gasteiger partial charge on any atom is -0.491 e. The fourth-order valence-electron chi connectivity index (χ4n) is 1.85. The average Bonchev–Trinajstić information content (AvgIpc) is 2.35. The molecular weight excluding hydrogens is 290 g/mol. The Labute approximate surface area is 127 Å². The summed E-state index contributed by atoms with van der Waals surface area (Å²) < 4.78 is 27.8. The van der Waals surface area contributed by atoms with Gasteiger partial charge in [0.05, 0.1) is 18.0 Å². The van der Waals surface area contributed by atoms with Crippen LogP contribution in [-0.2, 0) is 9.84 Å². The second-order valence-electron chi connectivity index (χ2n) is 5.64. The van der Waals surface area contributed by atoms with Crippen molar-refractivity contribution in [3.8, 4) is 5.75 Å². The van der Waals surface area contributed by atoms with Crippen LogP contribution in [0.15, 0.2) is 24.3 Å². The predicted octanol–water partition coefficient (Wildman–Crippen LogP) is 1.48. The fraction of sp³-hybridized carbons (Fsp3) is 0.600. The summed E-state index contributed by atoms with van der Waals surface area (Å²) in [5.41, 5.74) is 0.789. The maximum atomic E-state index is 11.1. The molecular formula is C15H25NO4S. The zero-order chi connectivity index (χ0) is 16.0. The first-order chi connectivity index (χ1) is 9.67. The summed E-state index contributed by atoms with van der Waals surface area (Å²) in [7, 11) is -1.18. The van der Waals surface area contributed by atoms with Crippen molar-refractivity contribution < 1.29 is 18.3 Å². The number of ether oxygens (including phenoxy) is 1. The molecule has 1 aromatic carbocycles. The first-order valence-electron chi connectivity index (χ1n) is 6.98. The molecule has 0 aliphatic rings. The average molecular weight is 315 g/mol. The fourth-order valence-corrected chi connectivity index (χ4v) is 2.50. The second kappa shape index (κ2) is 7.77. The number of benzene rings is 1. The molecule has 1 atom stereocenters. The highest BCUT2D eigenvalue weighted by Gasteiger charge is 2.12. The Morgan fingerprint density at radius 1 is 1.24 bits per heavy atom. The maximum absolute atomic E-state index is 11.1. The number of sulfone groups is 1. The molecule has 0 aromatic heterocycles. The molecule has 1 aromatic rings. The van der Waals surface area contributed by atoms with Crippen LogP contribution in [0.2, 0.25) is 0 Å². The Morgan fingerprint density at radius 3 is 2.29 bits per heavy atom. The second-order valence-corrected chi connectivity index (χ2v) is 7.90. The molecule has 1 rings (SSSR count). The number of hydrogen-bond acceptors (Lipinski definition) is 5. The van der Waals surface area contributed by atoms with Gasteiger partial charge in [-0.05, 0) is 38.6 Å². The normalized spacial score (nSPS) is 13.7. The monoisotopic (exact) mass is 315 g/mol. The van der Waals surface area contributed by atoms with Crippen LogP contribution < -0.4 is 4.74 Å². The van der Waals surface area contributed by atoms with Gasteiger partial charge in [-0.25, -0.2) is 8.42 Å². The smallest absolute Gasteiger partial charge is 0.148 e. The summed E-state index contributed by atoms with van der Waals surface area (Å²) >= 11 is 0. The van der Waals surface area contributed by atoms with E-state index >= 15 is 0 Å². The van der Waals surface area contributed by atoms with Gasteiger partial charge in [-0.2, -0.15) is 0 Å². The molecule has 6 heteroatoms. The Kier molecular flexibility index (Phi) is 6.64. The predicted molar refractivity (Wildman–Crippen MR) is 84.4 cm³/mol. The van der Waals surface area contributed by atoms with Crippen molar-refractivity contribution in [2.75, 3.05) is 32.1 Å². The van der Waals surface area contributed by atoms with Gasteiger partial charge in [-0.1, -0.05) is 12.1 Å². The molecule has 0 heterocycles. The van der Waals surface area contributed by atoms with Crippen molar-refractivity contribution in [3.63, 3.8) is 0 Å². The molecule has 0 radical (unpaired) electrons. The number of rotatable bonds is 8. The SMILES string of the molecule is CC(C)Oc1ccc(C(O)CN(C)CCS(C)(=O)=O)cc1. The molecule has 21 heavy (non-hydrogen) atoms. The number of likely N-dealkylation sites (N-methyl/N-ethyl adjacent to an activating group) is 1. The number of nitrogens with zero attached hydrogens (tertiary/aromatic N) is 1. The molecule has 1 N–H and O–H groups in total. The zero-order valence-corrected chi connectivity index (χ0v) is 13.9. The lowest BCUT2D eigenvalue weighted by molar-refractivity contribution is 0.129. The summed E-state index contributed by atoms with van der Waals surface area (Å²) in [6, 6.07) is 7.31. The van der Waals surface area contributed by atoms with Crippen LogP contribution in [0.25, 0.3) is 0 Å². The topological polar surface area (TPSA) is 66.8 Å². The van der Waals surface area contributed by atoms with Gasteiger partial charge in [0.2, 0.25) is 0 Å². The molecule has 5 nitrogen and oxygen atoms in total. The van der Waals surface area contributed by atoms with Gasteiger partial charge in [-0.15, -0.1) is 0 Å². The molecule has 0 amide bonds. The third-order valence-corrected chi connectivity index (χ3v) is 3.89. The summed E-state index contributed by atoms with van der Waals surface area (Å²) in [6.07, 6.45) is 0.676. The van der Waals surface area contributed by atoms with Crippen LogP contribution >= 0.6 is 0 Å². The van der Waals surface area contributed by atoms with Crippen LogP contribution in [0.3, 0.4) is 0 Å². The number of hydrogen-bond donors (Lipinski definition) is 1. The molecule has 0 saturated heterocycles. The van der Waals surface area contributed by atoms with E-state index in [1.165, 1.54) is 6.26 Å². The lowest BCUT2D eigenvalue weighted by Crippen LogP contribution is -2.29. The summed E-state index contributed by atoms with van der Waals surface area (Å²) in [5, 5.41) is 10.2. The van der Waals surface area contributed by atoms with Crippen LogP contribution in [0.5, 0.6) is 5.75 Å². The minimum absolute atomic E-state index is 0.0946. The van der Waals surface area contributed by atoms with Gasteiger partial charge >= 0.3 is 0 Å². The van der Waals surface area contributed by atoms with Crippen LogP contribution in [0, 0.1) is 0 Å². The van der Waals surface area contributed by atoms with E-state index < -0.39 is 15.9 Å². The highest BCUT2D eigenvalue weighted by atomic mass is 32.2. The van der Waals surface area contributed by atoms with Gasteiger partial charge in [0.25, 0.3) is 0 Å². The van der Waals surface area contributed by atoms with Gasteiger partial charge in [-0.3, -0.25) is 0 Å². The molecule has 0 fully saturated rings. The lowest BCUT2D eigenvalue weighted by atomic mass is 10.1. The van der Waals surface area contributed by atoms with Crippen LogP contribution in [0.4, 0.5) is 0 Å². The van der Waals surface area contributed by atoms with Crippen molar-refractivity contribution in [1.82, 2.24) is 4.90 Å². The Morgan fingerprint density at radius 2 is 1.81 bits per heavy atom. The van der Waals surface area contributed by atoms with Crippen molar-refractivity contribution >= 4 is 9.84 Å². The van der Waals surface area contributed by atoms with E-state index in [1.807, 2.05) is 43.0 Å². The summed E-state index contributed by atoms with van der Waals surface area (Å²) in [5.74, 6) is 0.864. The molecule has 1 unspecified atom stereocenters. The Hall–Kier alpha value is -1.11. The molecule has 0 aliphatic carbocycles. The van der Waals surface area contributed by atoms with Crippen molar-refractivity contribution in [3.05, 3.63) is 29.8 Å². The van der Waals surface area contributed by atoms with Crippen molar-refractivity contribution in [1.29, 1.82) is 0 Å². The maximum Gasteiger partial charge on any atom is 0.148 e. The van der Waals surface area contributed by atoms with Gasteiger partial charge in [0.1, 0.15) is 15.6 Å². The first kappa shape index (κ1) is 17.9. The highest BCUT2D eigenvalue weighted by Crippen LogP contribution is 2.19. The third kappa shape index (κ3) is 7.45. The van der Waals surface area contributed by atoms with E-state index in [0.717, 1.165) is 11.3 Å². The first-order valence-corrected chi connectivity index (χ1v) is 9.04.